The van der Waals surface area contributed by atoms with Crippen LogP contribution in [0, 0.1) is 0 Å². The van der Waals surface area contributed by atoms with Crippen molar-refractivity contribution in [3.63, 3.8) is 0 Å². The minimum absolute atomic E-state index is 0.0711. The minimum atomic E-state index is -0.509. The molecule has 0 atom stereocenters. The minimum Gasteiger partial charge on any atom is -0.493 e. The molecule has 0 aliphatic carbocycles. The van der Waals surface area contributed by atoms with Gasteiger partial charge in [-0.05, 0) is 78.4 Å². The Morgan fingerprint density at radius 3 is 2.07 bits per heavy atom. The number of benzene rings is 4. The Balaban J connectivity index is 1.51. The average molecular weight is 576 g/mol. The number of anilines is 2. The molecule has 0 saturated heterocycles. The fourth-order valence-corrected chi connectivity index (χ4v) is 4.20. The SMILES string of the molecule is COc1cccc(/C=C/C(=O)c2ccc(NC(=O)/C(=C/c3ccc(N(C)C)cc3)NC(=O)c3ccccc3)cc2)c1OC. The highest BCUT2D eigenvalue weighted by Crippen LogP contribution is 2.31. The number of methoxy groups -OCH3 is 2. The molecule has 0 saturated carbocycles. The molecule has 218 valence electrons. The van der Waals surface area contributed by atoms with Gasteiger partial charge in [0.1, 0.15) is 5.70 Å². The molecule has 0 bridgehead atoms. The number of nitrogens with one attached hydrogen (secondary N) is 2. The molecule has 0 heterocycles. The van der Waals surface area contributed by atoms with Gasteiger partial charge in [-0.2, -0.15) is 0 Å². The fourth-order valence-electron chi connectivity index (χ4n) is 4.20. The topological polar surface area (TPSA) is 97.0 Å². The summed E-state index contributed by atoms with van der Waals surface area (Å²) in [5.74, 6) is -0.0443. The zero-order valence-electron chi connectivity index (χ0n) is 24.5. The van der Waals surface area contributed by atoms with Crippen LogP contribution in [0.1, 0.15) is 31.8 Å². The lowest BCUT2D eigenvalue weighted by Gasteiger charge is -2.13. The van der Waals surface area contributed by atoms with E-state index in [1.54, 1.807) is 81.0 Å². The zero-order valence-corrected chi connectivity index (χ0v) is 24.5. The van der Waals surface area contributed by atoms with Crippen LogP contribution >= 0.6 is 0 Å². The smallest absolute Gasteiger partial charge is 0.272 e. The van der Waals surface area contributed by atoms with Gasteiger partial charge < -0.3 is 25.0 Å². The molecule has 0 aliphatic rings. The van der Waals surface area contributed by atoms with Crippen LogP contribution in [0.5, 0.6) is 11.5 Å². The third-order valence-corrected chi connectivity index (χ3v) is 6.52. The van der Waals surface area contributed by atoms with Gasteiger partial charge in [0, 0.05) is 42.2 Å². The molecule has 8 nitrogen and oxygen atoms in total. The van der Waals surface area contributed by atoms with Crippen LogP contribution in [0.3, 0.4) is 0 Å². The van der Waals surface area contributed by atoms with E-state index in [9.17, 15) is 14.4 Å². The maximum atomic E-state index is 13.3. The molecular formula is C35H33N3O5. The van der Waals surface area contributed by atoms with Crippen LogP contribution in [0.4, 0.5) is 11.4 Å². The number of amides is 2. The van der Waals surface area contributed by atoms with E-state index in [1.807, 2.05) is 61.5 Å². The second kappa shape index (κ2) is 14.3. The predicted octanol–water partition coefficient (Wildman–Crippen LogP) is 6.08. The van der Waals surface area contributed by atoms with Crippen LogP contribution in [0.25, 0.3) is 12.2 Å². The molecule has 8 heteroatoms. The van der Waals surface area contributed by atoms with Gasteiger partial charge in [0.15, 0.2) is 17.3 Å². The molecule has 43 heavy (non-hydrogen) atoms. The molecule has 0 spiro atoms. The molecule has 0 radical (unpaired) electrons. The van der Waals surface area contributed by atoms with Gasteiger partial charge in [-0.1, -0.05) is 42.5 Å². The highest BCUT2D eigenvalue weighted by atomic mass is 16.5. The quantitative estimate of drug-likeness (QED) is 0.166. The molecule has 2 N–H and O–H groups in total. The standard InChI is InChI=1S/C35H33N3O5/c1-38(2)29-20-13-24(14-21-29)23-30(37-34(40)27-9-6-5-7-10-27)35(41)36-28-18-15-25(16-19-28)31(39)22-17-26-11-8-12-32(42-3)33(26)43-4/h5-23H,1-4H3,(H,36,41)(H,37,40)/b22-17+,30-23-. The maximum Gasteiger partial charge on any atom is 0.272 e. The van der Waals surface area contributed by atoms with Crippen molar-refractivity contribution in [2.45, 2.75) is 0 Å². The summed E-state index contributed by atoms with van der Waals surface area (Å²) in [6, 6.07) is 28.2. The van der Waals surface area contributed by atoms with Crippen LogP contribution in [0.2, 0.25) is 0 Å². The molecule has 0 unspecified atom stereocenters. The lowest BCUT2D eigenvalue weighted by atomic mass is 10.1. The Morgan fingerprint density at radius 1 is 0.744 bits per heavy atom. The van der Waals surface area contributed by atoms with Gasteiger partial charge in [-0.3, -0.25) is 14.4 Å². The second-order valence-electron chi connectivity index (χ2n) is 9.68. The zero-order chi connectivity index (χ0) is 30.8. The summed E-state index contributed by atoms with van der Waals surface area (Å²) in [6.45, 7) is 0. The van der Waals surface area contributed by atoms with Gasteiger partial charge in [0.05, 0.1) is 14.2 Å². The number of hydrogen-bond donors (Lipinski definition) is 2. The summed E-state index contributed by atoms with van der Waals surface area (Å²) < 4.78 is 10.7. The van der Waals surface area contributed by atoms with E-state index in [2.05, 4.69) is 10.6 Å². The van der Waals surface area contributed by atoms with Crippen molar-refractivity contribution in [2.24, 2.45) is 0 Å². The highest BCUT2D eigenvalue weighted by Gasteiger charge is 2.16. The number of carbonyl (C=O) groups excluding carboxylic acids is 3. The molecule has 0 fully saturated rings. The Labute approximate surface area is 251 Å². The van der Waals surface area contributed by atoms with Crippen molar-refractivity contribution in [1.29, 1.82) is 0 Å². The van der Waals surface area contributed by atoms with Gasteiger partial charge in [0.2, 0.25) is 0 Å². The summed E-state index contributed by atoms with van der Waals surface area (Å²) in [5, 5.41) is 5.55. The Hall–Kier alpha value is -5.63. The van der Waals surface area contributed by atoms with Gasteiger partial charge in [-0.25, -0.2) is 0 Å². The third-order valence-electron chi connectivity index (χ3n) is 6.52. The second-order valence-corrected chi connectivity index (χ2v) is 9.68. The first-order valence-corrected chi connectivity index (χ1v) is 13.5. The van der Waals surface area contributed by atoms with Crippen molar-refractivity contribution in [3.05, 3.63) is 131 Å². The Kier molecular flexibility index (Phi) is 10.1. The number of rotatable bonds is 11. The van der Waals surface area contributed by atoms with Crippen molar-refractivity contribution in [3.8, 4) is 11.5 Å². The monoisotopic (exact) mass is 575 g/mol. The van der Waals surface area contributed by atoms with Crippen molar-refractivity contribution in [2.75, 3.05) is 38.5 Å². The van der Waals surface area contributed by atoms with Crippen LogP contribution < -0.4 is 25.0 Å². The number of ether oxygens (including phenoxy) is 2. The molecule has 4 aromatic carbocycles. The van der Waals surface area contributed by atoms with E-state index < -0.39 is 11.8 Å². The predicted molar refractivity (Wildman–Crippen MR) is 171 cm³/mol. The maximum absolute atomic E-state index is 13.3. The number of para-hydroxylation sites is 1. The van der Waals surface area contributed by atoms with Gasteiger partial charge >= 0.3 is 0 Å². The average Bonchev–Trinajstić information content (AvgIpc) is 3.03. The number of nitrogens with zero attached hydrogens (tertiary/aromatic N) is 1. The number of hydrogen-bond acceptors (Lipinski definition) is 6. The van der Waals surface area contributed by atoms with E-state index in [-0.39, 0.29) is 11.5 Å². The molecule has 0 aromatic heterocycles. The van der Waals surface area contributed by atoms with E-state index in [4.69, 9.17) is 9.47 Å². The third kappa shape index (κ3) is 7.98. The van der Waals surface area contributed by atoms with Crippen LogP contribution in [-0.4, -0.2) is 45.9 Å². The summed E-state index contributed by atoms with van der Waals surface area (Å²) >= 11 is 0. The Morgan fingerprint density at radius 2 is 1.44 bits per heavy atom. The van der Waals surface area contributed by atoms with Crippen LogP contribution in [-0.2, 0) is 4.79 Å². The van der Waals surface area contributed by atoms with Crippen LogP contribution in [0.15, 0.2) is 109 Å². The van der Waals surface area contributed by atoms with E-state index in [0.29, 0.717) is 33.9 Å². The lowest BCUT2D eigenvalue weighted by molar-refractivity contribution is -0.113. The highest BCUT2D eigenvalue weighted by molar-refractivity contribution is 6.11. The first kappa shape index (κ1) is 30.3. The first-order valence-electron chi connectivity index (χ1n) is 13.5. The summed E-state index contributed by atoms with van der Waals surface area (Å²) in [6.07, 6.45) is 4.73. The summed E-state index contributed by atoms with van der Waals surface area (Å²) in [5.41, 5.74) is 3.84. The molecular weight excluding hydrogens is 542 g/mol. The largest absolute Gasteiger partial charge is 0.493 e. The van der Waals surface area contributed by atoms with E-state index >= 15 is 0 Å². The summed E-state index contributed by atoms with van der Waals surface area (Å²) in [7, 11) is 6.97. The number of carbonyl (C=O) groups is 3. The molecule has 0 aliphatic heterocycles. The van der Waals surface area contributed by atoms with Gasteiger partial charge in [-0.15, -0.1) is 0 Å². The fraction of sp³-hybridized carbons (Fsp3) is 0.114. The normalized spacial score (nSPS) is 11.1. The van der Waals surface area contributed by atoms with Crippen molar-refractivity contribution < 1.29 is 23.9 Å². The number of ketones is 1. The van der Waals surface area contributed by atoms with Gasteiger partial charge in [0.25, 0.3) is 11.8 Å². The molecule has 4 rings (SSSR count). The first-order chi connectivity index (χ1) is 20.8. The van der Waals surface area contributed by atoms with E-state index in [0.717, 1.165) is 11.3 Å². The van der Waals surface area contributed by atoms with E-state index in [1.165, 1.54) is 6.08 Å². The molecule has 2 amide bonds. The number of allylic oxidation sites excluding steroid dienone is 1. The Bertz CT molecular complexity index is 1640. The molecule has 4 aromatic rings. The van der Waals surface area contributed by atoms with Crippen molar-refractivity contribution in [1.82, 2.24) is 5.32 Å². The summed E-state index contributed by atoms with van der Waals surface area (Å²) in [4.78, 5) is 41.1. The van der Waals surface area contributed by atoms with Crippen molar-refractivity contribution >= 4 is 41.1 Å². The lowest BCUT2D eigenvalue weighted by Crippen LogP contribution is -2.30.